The first kappa shape index (κ1) is 94.1. The lowest BCUT2D eigenvalue weighted by Gasteiger charge is -2.21. The number of aliphatic hydroxyl groups excluding tert-OH is 1. The smallest absolute Gasteiger partial charge is 0.462 e. The average molecular weight is 1410 g/mol. The van der Waals surface area contributed by atoms with Crippen molar-refractivity contribution in [1.29, 1.82) is 0 Å². The number of rotatable bonds is 78. The molecule has 0 saturated heterocycles. The Bertz CT molecular complexity index is 1830. The summed E-state index contributed by atoms with van der Waals surface area (Å²) in [5.41, 5.74) is 0. The van der Waals surface area contributed by atoms with E-state index in [0.717, 1.165) is 89.9 Å². The first-order valence-electron chi connectivity index (χ1n) is 40.3. The van der Waals surface area contributed by atoms with Gasteiger partial charge in [0.15, 0.2) is 12.2 Å². The minimum absolute atomic E-state index is 0.109. The summed E-state index contributed by atoms with van der Waals surface area (Å²) < 4.78 is 68.6. The number of aliphatic hydroxyl groups is 1. The van der Waals surface area contributed by atoms with Crippen molar-refractivity contribution in [2.75, 3.05) is 39.6 Å². The number of phosphoric ester groups is 2. The number of carbonyl (C=O) groups excluding carboxylic acids is 4. The Labute approximate surface area is 588 Å². The largest absolute Gasteiger partial charge is 0.472 e. The Morgan fingerprint density at radius 2 is 0.417 bits per heavy atom. The van der Waals surface area contributed by atoms with Gasteiger partial charge < -0.3 is 33.8 Å². The summed E-state index contributed by atoms with van der Waals surface area (Å²) in [7, 11) is -9.91. The zero-order chi connectivity index (χ0) is 70.4. The summed E-state index contributed by atoms with van der Waals surface area (Å²) in [4.78, 5) is 72.9. The third-order valence-electron chi connectivity index (χ3n) is 18.1. The van der Waals surface area contributed by atoms with Crippen LogP contribution in [0.15, 0.2) is 0 Å². The topological polar surface area (TPSA) is 237 Å². The van der Waals surface area contributed by atoms with Gasteiger partial charge in [0.05, 0.1) is 26.4 Å². The average Bonchev–Trinajstić information content (AvgIpc) is 1.20. The van der Waals surface area contributed by atoms with Gasteiger partial charge in [-0.15, -0.1) is 0 Å². The Morgan fingerprint density at radius 3 is 0.615 bits per heavy atom. The van der Waals surface area contributed by atoms with Crippen LogP contribution in [-0.4, -0.2) is 96.7 Å². The van der Waals surface area contributed by atoms with Gasteiger partial charge in [-0.2, -0.15) is 0 Å². The molecule has 0 aromatic rings. The number of hydrogen-bond donors (Lipinski definition) is 3. The molecule has 0 fully saturated rings. The SMILES string of the molecule is CCCCCCCCCCCCCCCCCCC(=O)O[C@H](COC(=O)CCCCCCCCCCCCCCCCC)COP(=O)(O)OC[C@@H](O)COP(=O)(O)OC[C@@H](COC(=O)CCCCCCCCCCCCCC)OC(=O)CCCCCCCCCCCCCCC. The predicted octanol–water partition coefficient (Wildman–Crippen LogP) is 23.0. The second kappa shape index (κ2) is 71.5. The standard InChI is InChI=1S/C77H150O17P2/c1-5-9-13-17-21-25-29-33-35-37-40-44-48-52-56-60-64-77(82)94-73(68-88-75(80)62-58-54-50-46-42-39-36-34-30-26-22-18-14-10-6-2)70-92-96(85,86)90-66-71(78)65-89-95(83,84)91-69-72(67-87-74(79)61-57-53-49-45-41-32-28-24-20-16-12-8-4)93-76(81)63-59-55-51-47-43-38-31-27-23-19-15-11-7-3/h71-73,78H,5-70H2,1-4H3,(H,83,84)(H,85,86)/t71-,72+,73+/m0/s1. The van der Waals surface area contributed by atoms with Gasteiger partial charge in [0.25, 0.3) is 0 Å². The second-order valence-electron chi connectivity index (χ2n) is 27.7. The van der Waals surface area contributed by atoms with Crippen LogP contribution in [0, 0.1) is 0 Å². The lowest BCUT2D eigenvalue weighted by atomic mass is 10.0. The van der Waals surface area contributed by atoms with Crippen LogP contribution in [0.3, 0.4) is 0 Å². The molecule has 0 heterocycles. The highest BCUT2D eigenvalue weighted by Gasteiger charge is 2.30. The Morgan fingerprint density at radius 1 is 0.250 bits per heavy atom. The molecule has 0 aliphatic rings. The summed E-state index contributed by atoms with van der Waals surface area (Å²) in [6.45, 7) is 5.01. The summed E-state index contributed by atoms with van der Waals surface area (Å²) in [5, 5.41) is 10.6. The lowest BCUT2D eigenvalue weighted by molar-refractivity contribution is -0.161. The van der Waals surface area contributed by atoms with Crippen molar-refractivity contribution < 1.29 is 80.2 Å². The number of unbranched alkanes of at least 4 members (excludes halogenated alkanes) is 52. The van der Waals surface area contributed by atoms with Crippen LogP contribution in [0.25, 0.3) is 0 Å². The minimum Gasteiger partial charge on any atom is -0.462 e. The lowest BCUT2D eigenvalue weighted by Crippen LogP contribution is -2.30. The molecule has 0 bridgehead atoms. The molecule has 5 atom stereocenters. The number of esters is 4. The van der Waals surface area contributed by atoms with E-state index < -0.39 is 97.5 Å². The molecule has 2 unspecified atom stereocenters. The Hall–Kier alpha value is -1.94. The molecule has 570 valence electrons. The molecule has 0 aromatic heterocycles. The number of carbonyl (C=O) groups is 4. The van der Waals surface area contributed by atoms with Gasteiger partial charge in [-0.05, 0) is 25.7 Å². The molecule has 0 radical (unpaired) electrons. The zero-order valence-corrected chi connectivity index (χ0v) is 64.1. The third-order valence-corrected chi connectivity index (χ3v) is 20.0. The van der Waals surface area contributed by atoms with E-state index in [1.165, 1.54) is 244 Å². The molecule has 0 spiro atoms. The van der Waals surface area contributed by atoms with Crippen LogP contribution in [0.1, 0.15) is 413 Å². The molecule has 0 aliphatic carbocycles. The Balaban J connectivity index is 5.25. The fraction of sp³-hybridized carbons (Fsp3) is 0.948. The first-order chi connectivity index (χ1) is 46.7. The van der Waals surface area contributed by atoms with Crippen molar-refractivity contribution in [3.8, 4) is 0 Å². The van der Waals surface area contributed by atoms with Gasteiger partial charge in [-0.3, -0.25) is 37.3 Å². The monoisotopic (exact) mass is 1410 g/mol. The third kappa shape index (κ3) is 70.5. The maximum Gasteiger partial charge on any atom is 0.472 e. The number of ether oxygens (including phenoxy) is 4. The van der Waals surface area contributed by atoms with Crippen molar-refractivity contribution in [3.63, 3.8) is 0 Å². The van der Waals surface area contributed by atoms with Gasteiger partial charge in [0.1, 0.15) is 19.3 Å². The van der Waals surface area contributed by atoms with Crippen molar-refractivity contribution >= 4 is 39.5 Å². The normalized spacial score (nSPS) is 13.9. The first-order valence-corrected chi connectivity index (χ1v) is 43.3. The molecule has 3 N–H and O–H groups in total. The highest BCUT2D eigenvalue weighted by Crippen LogP contribution is 2.45. The van der Waals surface area contributed by atoms with Gasteiger partial charge in [0.2, 0.25) is 0 Å². The quantitative estimate of drug-likeness (QED) is 0.0222. The molecular weight excluding hydrogens is 1260 g/mol. The van der Waals surface area contributed by atoms with Crippen LogP contribution >= 0.6 is 15.6 Å². The molecule has 0 saturated carbocycles. The van der Waals surface area contributed by atoms with Crippen molar-refractivity contribution in [1.82, 2.24) is 0 Å². The fourth-order valence-electron chi connectivity index (χ4n) is 11.9. The van der Waals surface area contributed by atoms with Crippen LogP contribution in [0.5, 0.6) is 0 Å². The van der Waals surface area contributed by atoms with Crippen molar-refractivity contribution in [2.45, 2.75) is 431 Å². The van der Waals surface area contributed by atoms with Crippen LogP contribution in [0.2, 0.25) is 0 Å². The van der Waals surface area contributed by atoms with E-state index in [0.29, 0.717) is 25.7 Å². The summed E-state index contributed by atoms with van der Waals surface area (Å²) >= 11 is 0. The van der Waals surface area contributed by atoms with Crippen molar-refractivity contribution in [2.24, 2.45) is 0 Å². The summed E-state index contributed by atoms with van der Waals surface area (Å²) in [5.74, 6) is -2.11. The molecule has 0 amide bonds. The predicted molar refractivity (Wildman–Crippen MR) is 391 cm³/mol. The molecule has 0 aliphatic heterocycles. The maximum absolute atomic E-state index is 13.1. The molecular formula is C77H150O17P2. The molecule has 0 rings (SSSR count). The van der Waals surface area contributed by atoms with Gasteiger partial charge in [-0.1, -0.05) is 362 Å². The summed E-state index contributed by atoms with van der Waals surface area (Å²) in [6, 6.07) is 0. The zero-order valence-electron chi connectivity index (χ0n) is 62.4. The molecule has 19 heteroatoms. The maximum atomic E-state index is 13.1. The number of hydrogen-bond acceptors (Lipinski definition) is 15. The van der Waals surface area contributed by atoms with E-state index in [4.69, 9.17) is 37.0 Å². The summed E-state index contributed by atoms with van der Waals surface area (Å²) in [6.07, 6.45) is 62.2. The Kier molecular flexibility index (Phi) is 70.0. The van der Waals surface area contributed by atoms with Crippen molar-refractivity contribution in [3.05, 3.63) is 0 Å². The van der Waals surface area contributed by atoms with Gasteiger partial charge in [0, 0.05) is 25.7 Å². The van der Waals surface area contributed by atoms with Crippen LogP contribution in [-0.2, 0) is 65.4 Å². The fourth-order valence-corrected chi connectivity index (χ4v) is 13.5. The van der Waals surface area contributed by atoms with E-state index in [9.17, 15) is 43.2 Å². The van der Waals surface area contributed by atoms with E-state index in [-0.39, 0.29) is 25.7 Å². The highest BCUT2D eigenvalue weighted by atomic mass is 31.2. The number of phosphoric acid groups is 2. The van der Waals surface area contributed by atoms with E-state index in [1.54, 1.807) is 0 Å². The van der Waals surface area contributed by atoms with Gasteiger partial charge in [-0.25, -0.2) is 9.13 Å². The second-order valence-corrected chi connectivity index (χ2v) is 30.7. The van der Waals surface area contributed by atoms with E-state index >= 15 is 0 Å². The van der Waals surface area contributed by atoms with Crippen LogP contribution in [0.4, 0.5) is 0 Å². The minimum atomic E-state index is -4.96. The molecule has 0 aromatic carbocycles. The van der Waals surface area contributed by atoms with E-state index in [1.807, 2.05) is 0 Å². The van der Waals surface area contributed by atoms with Crippen LogP contribution < -0.4 is 0 Å². The molecule has 17 nitrogen and oxygen atoms in total. The molecule has 96 heavy (non-hydrogen) atoms. The highest BCUT2D eigenvalue weighted by molar-refractivity contribution is 7.47. The van der Waals surface area contributed by atoms with E-state index in [2.05, 4.69) is 27.7 Å². The van der Waals surface area contributed by atoms with Gasteiger partial charge >= 0.3 is 39.5 Å².